The van der Waals surface area contributed by atoms with Crippen LogP contribution in [0.25, 0.3) is 11.0 Å². The van der Waals surface area contributed by atoms with Gasteiger partial charge in [-0.05, 0) is 57.0 Å². The standard InChI is InChI=1S/C17H24N2OS/c1-12(2)20-15-10-6-9-14-16(15)18-17(21)19(14)11-13-7-4-3-5-8-13/h6,9-10,12-13H,3-5,7-8,11H2,1-2H3,(H,18,21). The van der Waals surface area contributed by atoms with Crippen LogP contribution >= 0.6 is 12.2 Å². The summed E-state index contributed by atoms with van der Waals surface area (Å²) in [6, 6.07) is 6.20. The van der Waals surface area contributed by atoms with E-state index in [0.29, 0.717) is 0 Å². The second kappa shape index (κ2) is 6.22. The Morgan fingerprint density at radius 1 is 1.29 bits per heavy atom. The number of aromatic nitrogens is 2. The van der Waals surface area contributed by atoms with Gasteiger partial charge in [0.05, 0.1) is 11.6 Å². The molecule has 1 aliphatic carbocycles. The normalized spacial score (nSPS) is 16.7. The Hall–Kier alpha value is -1.29. The SMILES string of the molecule is CC(C)Oc1cccc2c1[nH]c(=S)n2CC1CCCCC1. The molecular weight excluding hydrogens is 280 g/mol. The summed E-state index contributed by atoms with van der Waals surface area (Å²) >= 11 is 5.55. The highest BCUT2D eigenvalue weighted by Gasteiger charge is 2.17. The number of imidazole rings is 1. The van der Waals surface area contributed by atoms with Crippen molar-refractivity contribution in [3.63, 3.8) is 0 Å². The first-order valence-corrected chi connectivity index (χ1v) is 8.44. The van der Waals surface area contributed by atoms with Gasteiger partial charge in [-0.15, -0.1) is 0 Å². The third-order valence-electron chi connectivity index (χ3n) is 4.30. The van der Waals surface area contributed by atoms with Gasteiger partial charge in [0.25, 0.3) is 0 Å². The van der Waals surface area contributed by atoms with E-state index in [2.05, 4.69) is 21.7 Å². The van der Waals surface area contributed by atoms with E-state index >= 15 is 0 Å². The molecule has 1 N–H and O–H groups in total. The van der Waals surface area contributed by atoms with Crippen LogP contribution in [0.4, 0.5) is 0 Å². The lowest BCUT2D eigenvalue weighted by atomic mass is 9.89. The van der Waals surface area contributed by atoms with E-state index in [9.17, 15) is 0 Å². The van der Waals surface area contributed by atoms with E-state index in [1.165, 1.54) is 37.6 Å². The van der Waals surface area contributed by atoms with Crippen molar-refractivity contribution in [1.29, 1.82) is 0 Å². The van der Waals surface area contributed by atoms with Crippen LogP contribution in [0.5, 0.6) is 5.75 Å². The van der Waals surface area contributed by atoms with Gasteiger partial charge in [-0.1, -0.05) is 25.3 Å². The third kappa shape index (κ3) is 3.15. The van der Waals surface area contributed by atoms with Crippen LogP contribution in [0, 0.1) is 10.7 Å². The van der Waals surface area contributed by atoms with Crippen molar-refractivity contribution in [1.82, 2.24) is 9.55 Å². The fraction of sp³-hybridized carbons (Fsp3) is 0.588. The van der Waals surface area contributed by atoms with Crippen molar-refractivity contribution in [3.05, 3.63) is 23.0 Å². The molecule has 0 radical (unpaired) electrons. The summed E-state index contributed by atoms with van der Waals surface area (Å²) in [5.74, 6) is 1.66. The van der Waals surface area contributed by atoms with Gasteiger partial charge < -0.3 is 14.3 Å². The van der Waals surface area contributed by atoms with E-state index in [1.807, 2.05) is 19.9 Å². The van der Waals surface area contributed by atoms with Gasteiger partial charge in [-0.25, -0.2) is 0 Å². The van der Waals surface area contributed by atoms with Crippen LogP contribution in [-0.2, 0) is 6.54 Å². The summed E-state index contributed by atoms with van der Waals surface area (Å²) in [5.41, 5.74) is 2.20. The van der Waals surface area contributed by atoms with Gasteiger partial charge >= 0.3 is 0 Å². The zero-order chi connectivity index (χ0) is 14.8. The van der Waals surface area contributed by atoms with Crippen LogP contribution in [0.3, 0.4) is 0 Å². The van der Waals surface area contributed by atoms with Crippen molar-refractivity contribution in [2.45, 2.75) is 58.6 Å². The van der Waals surface area contributed by atoms with Gasteiger partial charge in [-0.3, -0.25) is 0 Å². The predicted octanol–water partition coefficient (Wildman–Crippen LogP) is 5.07. The summed E-state index contributed by atoms with van der Waals surface area (Å²) in [6.07, 6.45) is 6.94. The molecule has 0 amide bonds. The Morgan fingerprint density at radius 3 is 2.76 bits per heavy atom. The molecule has 3 nitrogen and oxygen atoms in total. The Morgan fingerprint density at radius 2 is 2.05 bits per heavy atom. The molecule has 0 spiro atoms. The fourth-order valence-corrected chi connectivity index (χ4v) is 3.59. The second-order valence-corrected chi connectivity index (χ2v) is 6.75. The molecule has 0 atom stereocenters. The summed E-state index contributed by atoms with van der Waals surface area (Å²) < 4.78 is 8.97. The number of benzene rings is 1. The fourth-order valence-electron chi connectivity index (χ4n) is 3.32. The highest BCUT2D eigenvalue weighted by atomic mass is 32.1. The minimum atomic E-state index is 0.166. The maximum Gasteiger partial charge on any atom is 0.178 e. The number of aromatic amines is 1. The second-order valence-electron chi connectivity index (χ2n) is 6.36. The molecule has 1 aromatic carbocycles. The number of rotatable bonds is 4. The molecule has 0 bridgehead atoms. The highest BCUT2D eigenvalue weighted by molar-refractivity contribution is 7.71. The molecular formula is C17H24N2OS. The maximum atomic E-state index is 5.89. The molecule has 0 saturated heterocycles. The van der Waals surface area contributed by atoms with Crippen LogP contribution in [0.2, 0.25) is 0 Å². The van der Waals surface area contributed by atoms with Gasteiger partial charge in [-0.2, -0.15) is 0 Å². The van der Waals surface area contributed by atoms with E-state index in [4.69, 9.17) is 17.0 Å². The lowest BCUT2D eigenvalue weighted by Gasteiger charge is -2.22. The minimum Gasteiger partial charge on any atom is -0.489 e. The molecule has 1 fully saturated rings. The van der Waals surface area contributed by atoms with Gasteiger partial charge in [0.2, 0.25) is 0 Å². The third-order valence-corrected chi connectivity index (χ3v) is 4.62. The highest BCUT2D eigenvalue weighted by Crippen LogP contribution is 2.29. The zero-order valence-electron chi connectivity index (χ0n) is 12.9. The molecule has 0 aliphatic heterocycles. The van der Waals surface area contributed by atoms with Crippen LogP contribution in [0.1, 0.15) is 46.0 Å². The lowest BCUT2D eigenvalue weighted by molar-refractivity contribution is 0.245. The number of ether oxygens (including phenoxy) is 1. The monoisotopic (exact) mass is 304 g/mol. The summed E-state index contributed by atoms with van der Waals surface area (Å²) in [4.78, 5) is 3.34. The molecule has 1 heterocycles. The van der Waals surface area contributed by atoms with Crippen LogP contribution in [-0.4, -0.2) is 15.7 Å². The van der Waals surface area contributed by atoms with E-state index in [1.54, 1.807) is 0 Å². The Kier molecular flexibility index (Phi) is 4.34. The van der Waals surface area contributed by atoms with E-state index < -0.39 is 0 Å². The Balaban J connectivity index is 1.95. The van der Waals surface area contributed by atoms with Gasteiger partial charge in [0.15, 0.2) is 4.77 Å². The van der Waals surface area contributed by atoms with Crippen molar-refractivity contribution in [2.24, 2.45) is 5.92 Å². The maximum absolute atomic E-state index is 5.89. The Bertz CT molecular complexity index is 665. The number of H-pyrrole nitrogens is 1. The first-order valence-electron chi connectivity index (χ1n) is 8.03. The van der Waals surface area contributed by atoms with Crippen molar-refractivity contribution < 1.29 is 4.74 Å². The molecule has 0 unspecified atom stereocenters. The van der Waals surface area contributed by atoms with Gasteiger partial charge in [0.1, 0.15) is 11.3 Å². The molecule has 3 rings (SSSR count). The summed E-state index contributed by atoms with van der Waals surface area (Å²) in [5, 5.41) is 0. The largest absolute Gasteiger partial charge is 0.489 e. The lowest BCUT2D eigenvalue weighted by Crippen LogP contribution is -2.14. The number of fused-ring (bicyclic) bond motifs is 1. The molecule has 21 heavy (non-hydrogen) atoms. The zero-order valence-corrected chi connectivity index (χ0v) is 13.7. The summed E-state index contributed by atoms with van der Waals surface area (Å²) in [6.45, 7) is 5.13. The van der Waals surface area contributed by atoms with E-state index in [-0.39, 0.29) is 6.10 Å². The molecule has 1 saturated carbocycles. The quantitative estimate of drug-likeness (QED) is 0.800. The minimum absolute atomic E-state index is 0.166. The number of hydrogen-bond donors (Lipinski definition) is 1. The molecule has 114 valence electrons. The topological polar surface area (TPSA) is 29.9 Å². The summed E-state index contributed by atoms with van der Waals surface area (Å²) in [7, 11) is 0. The smallest absolute Gasteiger partial charge is 0.178 e. The van der Waals surface area contributed by atoms with E-state index in [0.717, 1.165) is 28.5 Å². The Labute approximate surface area is 131 Å². The van der Waals surface area contributed by atoms with Gasteiger partial charge in [0, 0.05) is 6.54 Å². The number of nitrogens with one attached hydrogen (secondary N) is 1. The first kappa shape index (κ1) is 14.6. The molecule has 1 aromatic heterocycles. The first-order chi connectivity index (χ1) is 10.1. The predicted molar refractivity (Wildman–Crippen MR) is 89.5 cm³/mol. The van der Waals surface area contributed by atoms with Crippen LogP contribution in [0.15, 0.2) is 18.2 Å². The van der Waals surface area contributed by atoms with Crippen molar-refractivity contribution in [3.8, 4) is 5.75 Å². The average Bonchev–Trinajstić information content (AvgIpc) is 2.77. The number of hydrogen-bond acceptors (Lipinski definition) is 2. The number of nitrogens with zero attached hydrogens (tertiary/aromatic N) is 1. The molecule has 2 aromatic rings. The molecule has 1 aliphatic rings. The number of para-hydroxylation sites is 1. The average molecular weight is 304 g/mol. The molecule has 4 heteroatoms. The van der Waals surface area contributed by atoms with Crippen molar-refractivity contribution in [2.75, 3.05) is 0 Å². The van der Waals surface area contributed by atoms with Crippen LogP contribution < -0.4 is 4.74 Å². The van der Waals surface area contributed by atoms with Crippen molar-refractivity contribution >= 4 is 23.3 Å².